The first kappa shape index (κ1) is 14.2. The van der Waals surface area contributed by atoms with Gasteiger partial charge in [0.25, 0.3) is 5.91 Å². The molecule has 0 bridgehead atoms. The Morgan fingerprint density at radius 2 is 2.05 bits per heavy atom. The molecule has 0 saturated carbocycles. The van der Waals surface area contributed by atoms with Crippen molar-refractivity contribution >= 4 is 35.2 Å². The molecule has 1 amide bonds. The van der Waals surface area contributed by atoms with Crippen molar-refractivity contribution in [2.75, 3.05) is 0 Å². The van der Waals surface area contributed by atoms with E-state index in [0.717, 1.165) is 0 Å². The van der Waals surface area contributed by atoms with Gasteiger partial charge in [-0.1, -0.05) is 29.3 Å². The van der Waals surface area contributed by atoms with E-state index in [-0.39, 0.29) is 5.57 Å². The lowest BCUT2D eigenvalue weighted by molar-refractivity contribution is -0.114. The van der Waals surface area contributed by atoms with E-state index in [0.29, 0.717) is 27.1 Å². The number of nitrogens with zero attached hydrogens (tertiary/aromatic N) is 1. The van der Waals surface area contributed by atoms with Gasteiger partial charge in [0.15, 0.2) is 0 Å². The monoisotopic (exact) mass is 306 g/mol. The maximum atomic E-state index is 11.0. The summed E-state index contributed by atoms with van der Waals surface area (Å²) in [6, 6.07) is 10.1. The molecule has 0 aliphatic heterocycles. The van der Waals surface area contributed by atoms with Gasteiger partial charge in [0.2, 0.25) is 0 Å². The second-order valence-corrected chi connectivity index (χ2v) is 4.62. The Bertz CT molecular complexity index is 742. The Balaban J connectivity index is 2.42. The number of benzene rings is 1. The summed E-state index contributed by atoms with van der Waals surface area (Å²) < 4.78 is 5.51. The van der Waals surface area contributed by atoms with Crippen LogP contribution in [0, 0.1) is 11.3 Å². The number of nitrogens with two attached hydrogens (primary N) is 1. The summed E-state index contributed by atoms with van der Waals surface area (Å²) in [4.78, 5) is 11.0. The molecule has 20 heavy (non-hydrogen) atoms. The van der Waals surface area contributed by atoms with Gasteiger partial charge in [-0.05, 0) is 24.3 Å². The third-order valence-electron chi connectivity index (χ3n) is 2.52. The van der Waals surface area contributed by atoms with Crippen molar-refractivity contribution in [3.05, 3.63) is 51.7 Å². The molecular formula is C14H8Cl2N2O2. The van der Waals surface area contributed by atoms with Crippen LogP contribution >= 0.6 is 23.2 Å². The Morgan fingerprint density at radius 3 is 2.70 bits per heavy atom. The fourth-order valence-corrected chi connectivity index (χ4v) is 1.96. The summed E-state index contributed by atoms with van der Waals surface area (Å²) in [6.45, 7) is 0. The highest BCUT2D eigenvalue weighted by molar-refractivity contribution is 6.43. The van der Waals surface area contributed by atoms with Crippen LogP contribution in [0.15, 0.2) is 40.3 Å². The molecule has 0 unspecified atom stereocenters. The van der Waals surface area contributed by atoms with E-state index in [1.807, 2.05) is 0 Å². The molecule has 6 heteroatoms. The van der Waals surface area contributed by atoms with Crippen molar-refractivity contribution in [2.24, 2.45) is 5.73 Å². The van der Waals surface area contributed by atoms with Crippen LogP contribution in [0.1, 0.15) is 5.76 Å². The van der Waals surface area contributed by atoms with Gasteiger partial charge in [0, 0.05) is 11.6 Å². The van der Waals surface area contributed by atoms with Crippen molar-refractivity contribution in [3.8, 4) is 17.4 Å². The lowest BCUT2D eigenvalue weighted by Crippen LogP contribution is -2.12. The maximum absolute atomic E-state index is 11.0. The van der Waals surface area contributed by atoms with Crippen molar-refractivity contribution in [1.29, 1.82) is 5.26 Å². The topological polar surface area (TPSA) is 80.0 Å². The first-order chi connectivity index (χ1) is 9.52. The zero-order valence-electron chi connectivity index (χ0n) is 10.1. The molecule has 1 aromatic heterocycles. The average molecular weight is 307 g/mol. The van der Waals surface area contributed by atoms with E-state index in [1.165, 1.54) is 6.08 Å². The molecule has 4 nitrogen and oxygen atoms in total. The SMILES string of the molecule is N#C/C(=C/c1ccc(-c2cccc(Cl)c2Cl)o1)C(N)=O. The zero-order valence-corrected chi connectivity index (χ0v) is 11.6. The third kappa shape index (κ3) is 2.85. The van der Waals surface area contributed by atoms with Gasteiger partial charge in [-0.15, -0.1) is 0 Å². The number of amides is 1. The third-order valence-corrected chi connectivity index (χ3v) is 3.34. The summed E-state index contributed by atoms with van der Waals surface area (Å²) in [5.74, 6) is -0.0110. The molecule has 0 saturated heterocycles. The first-order valence-electron chi connectivity index (χ1n) is 5.48. The van der Waals surface area contributed by atoms with Crippen LogP contribution in [-0.4, -0.2) is 5.91 Å². The highest BCUT2D eigenvalue weighted by Crippen LogP contribution is 2.34. The molecule has 2 N–H and O–H groups in total. The van der Waals surface area contributed by atoms with Crippen LogP contribution in [0.2, 0.25) is 10.0 Å². The summed E-state index contributed by atoms with van der Waals surface area (Å²) in [5.41, 5.74) is 5.48. The number of carbonyl (C=O) groups excluding carboxylic acids is 1. The minimum Gasteiger partial charge on any atom is -0.457 e. The van der Waals surface area contributed by atoms with Crippen LogP contribution in [0.4, 0.5) is 0 Å². The quantitative estimate of drug-likeness (QED) is 0.694. The lowest BCUT2D eigenvalue weighted by atomic mass is 10.2. The molecule has 0 spiro atoms. The minimum atomic E-state index is -0.814. The zero-order chi connectivity index (χ0) is 14.7. The number of primary amides is 1. The summed E-state index contributed by atoms with van der Waals surface area (Å²) in [7, 11) is 0. The fourth-order valence-electron chi connectivity index (χ4n) is 1.57. The van der Waals surface area contributed by atoms with E-state index < -0.39 is 5.91 Å². The van der Waals surface area contributed by atoms with E-state index in [4.69, 9.17) is 38.6 Å². The molecule has 0 aliphatic carbocycles. The lowest BCUT2D eigenvalue weighted by Gasteiger charge is -2.01. The van der Waals surface area contributed by atoms with Crippen LogP contribution in [0.3, 0.4) is 0 Å². The number of furan rings is 1. The first-order valence-corrected chi connectivity index (χ1v) is 6.24. The minimum absolute atomic E-state index is 0.192. The standard InChI is InChI=1S/C14H8Cl2N2O2/c15-11-3-1-2-10(13(11)16)12-5-4-9(20-12)6-8(7-17)14(18)19/h1-6H,(H2,18,19)/b8-6-. The Labute approximate surface area is 125 Å². The fraction of sp³-hybridized carbons (Fsp3) is 0. The van der Waals surface area contributed by atoms with Gasteiger partial charge >= 0.3 is 0 Å². The molecule has 0 aliphatic rings. The number of carbonyl (C=O) groups is 1. The molecule has 0 fully saturated rings. The van der Waals surface area contributed by atoms with E-state index in [2.05, 4.69) is 0 Å². The van der Waals surface area contributed by atoms with Crippen molar-refractivity contribution in [3.63, 3.8) is 0 Å². The summed E-state index contributed by atoms with van der Waals surface area (Å²) >= 11 is 12.0. The predicted molar refractivity (Wildman–Crippen MR) is 76.9 cm³/mol. The van der Waals surface area contributed by atoms with Gasteiger partial charge in [-0.2, -0.15) is 5.26 Å². The largest absolute Gasteiger partial charge is 0.457 e. The predicted octanol–water partition coefficient (Wildman–Crippen LogP) is 3.65. The summed E-state index contributed by atoms with van der Waals surface area (Å²) in [6.07, 6.45) is 1.27. The number of hydrogen-bond acceptors (Lipinski definition) is 3. The van der Waals surface area contributed by atoms with E-state index in [9.17, 15) is 4.79 Å². The molecule has 100 valence electrons. The van der Waals surface area contributed by atoms with Crippen LogP contribution < -0.4 is 5.73 Å². The number of rotatable bonds is 3. The molecule has 0 atom stereocenters. The molecule has 1 aromatic carbocycles. The normalized spacial score (nSPS) is 11.2. The Kier molecular flexibility index (Phi) is 4.14. The number of nitriles is 1. The number of hydrogen-bond donors (Lipinski definition) is 1. The van der Waals surface area contributed by atoms with Gasteiger partial charge in [0.1, 0.15) is 23.2 Å². The molecule has 2 rings (SSSR count). The van der Waals surface area contributed by atoms with E-state index >= 15 is 0 Å². The maximum Gasteiger partial charge on any atom is 0.259 e. The van der Waals surface area contributed by atoms with Gasteiger partial charge in [-0.3, -0.25) is 4.79 Å². The second kappa shape index (κ2) is 5.83. The summed E-state index contributed by atoms with van der Waals surface area (Å²) in [5, 5.41) is 9.54. The van der Waals surface area contributed by atoms with E-state index in [1.54, 1.807) is 36.4 Å². The van der Waals surface area contributed by atoms with Crippen LogP contribution in [-0.2, 0) is 4.79 Å². The second-order valence-electron chi connectivity index (χ2n) is 3.84. The van der Waals surface area contributed by atoms with Crippen molar-refractivity contribution in [1.82, 2.24) is 0 Å². The van der Waals surface area contributed by atoms with Gasteiger partial charge < -0.3 is 10.2 Å². The Hall–Kier alpha value is -2.22. The van der Waals surface area contributed by atoms with Gasteiger partial charge in [0.05, 0.1) is 10.0 Å². The average Bonchev–Trinajstić information content (AvgIpc) is 2.87. The van der Waals surface area contributed by atoms with Gasteiger partial charge in [-0.25, -0.2) is 0 Å². The molecular weight excluding hydrogens is 299 g/mol. The molecule has 1 heterocycles. The highest BCUT2D eigenvalue weighted by atomic mass is 35.5. The molecule has 2 aromatic rings. The van der Waals surface area contributed by atoms with Crippen molar-refractivity contribution < 1.29 is 9.21 Å². The molecule has 0 radical (unpaired) electrons. The van der Waals surface area contributed by atoms with Crippen LogP contribution in [0.5, 0.6) is 0 Å². The number of halogens is 2. The highest BCUT2D eigenvalue weighted by Gasteiger charge is 2.11. The van der Waals surface area contributed by atoms with Crippen LogP contribution in [0.25, 0.3) is 17.4 Å². The van der Waals surface area contributed by atoms with Crippen molar-refractivity contribution in [2.45, 2.75) is 0 Å². The Morgan fingerprint density at radius 1 is 1.30 bits per heavy atom. The smallest absolute Gasteiger partial charge is 0.259 e.